The van der Waals surface area contributed by atoms with Crippen LogP contribution in [0.3, 0.4) is 0 Å². The predicted octanol–water partition coefficient (Wildman–Crippen LogP) is -0.368. The van der Waals surface area contributed by atoms with Gasteiger partial charge in [-0.1, -0.05) is 0 Å². The van der Waals surface area contributed by atoms with Crippen molar-refractivity contribution in [1.82, 2.24) is 9.97 Å². The number of fused-ring (bicyclic) bond motifs is 1. The molecule has 11 heavy (non-hydrogen) atoms. The van der Waals surface area contributed by atoms with E-state index in [4.69, 9.17) is 5.11 Å². The summed E-state index contributed by atoms with van der Waals surface area (Å²) in [7, 11) is 0. The lowest BCUT2D eigenvalue weighted by atomic mass is 10.4. The van der Waals surface area contributed by atoms with Gasteiger partial charge in [-0.3, -0.25) is 0 Å². The fraction of sp³-hybridized carbons (Fsp3) is 0.333. The number of β-amino-alcohol motifs (C(OH)–C–C–N with tert-alkyl or cyclic N) is 1. The molecule has 1 unspecified atom stereocenters. The van der Waals surface area contributed by atoms with Crippen molar-refractivity contribution < 1.29 is 5.11 Å². The lowest BCUT2D eigenvalue weighted by Crippen LogP contribution is -2.33. The molecule has 0 bridgehead atoms. The first-order valence-corrected chi connectivity index (χ1v) is 3.36. The first-order valence-electron chi connectivity index (χ1n) is 3.36. The van der Waals surface area contributed by atoms with E-state index in [0.717, 1.165) is 0 Å². The summed E-state index contributed by atoms with van der Waals surface area (Å²) in [5, 5.41) is 14.8. The normalized spacial score (nSPS) is 21.4. The largest absolute Gasteiger partial charge is 0.372 e. The number of hydrogen-bond acceptors (Lipinski definition) is 5. The number of hydrogen-bond donors (Lipinski definition) is 3. The standard InChI is InChI=1S/C6H8N4O/c11-4-3-9-5-6(10-4)8-2-1-7-5/h1-2,4,11H,3H2,(H,7,9)(H,8,10). The SMILES string of the molecule is OC1CNc2nccnc2N1. The van der Waals surface area contributed by atoms with Gasteiger partial charge >= 0.3 is 0 Å². The van der Waals surface area contributed by atoms with Crippen molar-refractivity contribution in [3.8, 4) is 0 Å². The van der Waals surface area contributed by atoms with E-state index in [0.29, 0.717) is 18.2 Å². The lowest BCUT2D eigenvalue weighted by Gasteiger charge is -2.21. The monoisotopic (exact) mass is 152 g/mol. The first kappa shape index (κ1) is 6.36. The molecular weight excluding hydrogens is 144 g/mol. The van der Waals surface area contributed by atoms with Gasteiger partial charge in [0.15, 0.2) is 11.6 Å². The number of aliphatic hydroxyl groups excluding tert-OH is 1. The van der Waals surface area contributed by atoms with Crippen molar-refractivity contribution >= 4 is 11.6 Å². The van der Waals surface area contributed by atoms with Crippen LogP contribution in [0.5, 0.6) is 0 Å². The molecule has 0 fully saturated rings. The van der Waals surface area contributed by atoms with Gasteiger partial charge < -0.3 is 15.7 Å². The maximum absolute atomic E-state index is 9.11. The number of aromatic nitrogens is 2. The second-order valence-corrected chi connectivity index (χ2v) is 2.29. The summed E-state index contributed by atoms with van der Waals surface area (Å²) in [6, 6.07) is 0. The van der Waals surface area contributed by atoms with E-state index in [1.807, 2.05) is 0 Å². The molecule has 0 aliphatic carbocycles. The highest BCUT2D eigenvalue weighted by atomic mass is 16.3. The van der Waals surface area contributed by atoms with Crippen molar-refractivity contribution in [3.05, 3.63) is 12.4 Å². The Bertz CT molecular complexity index is 265. The Morgan fingerprint density at radius 2 is 2.09 bits per heavy atom. The Labute approximate surface area is 63.5 Å². The highest BCUT2D eigenvalue weighted by Crippen LogP contribution is 2.18. The zero-order chi connectivity index (χ0) is 7.68. The topological polar surface area (TPSA) is 70.1 Å². The third kappa shape index (κ3) is 1.10. The van der Waals surface area contributed by atoms with Crippen LogP contribution in [0.1, 0.15) is 0 Å². The molecule has 1 aliphatic heterocycles. The van der Waals surface area contributed by atoms with Gasteiger partial charge in [-0.25, -0.2) is 9.97 Å². The maximum atomic E-state index is 9.11. The van der Waals surface area contributed by atoms with Gasteiger partial charge in [0.25, 0.3) is 0 Å². The van der Waals surface area contributed by atoms with Crippen LogP contribution in [0.15, 0.2) is 12.4 Å². The average molecular weight is 152 g/mol. The van der Waals surface area contributed by atoms with E-state index in [1.54, 1.807) is 12.4 Å². The van der Waals surface area contributed by atoms with Crippen LogP contribution in [0, 0.1) is 0 Å². The van der Waals surface area contributed by atoms with E-state index < -0.39 is 6.23 Å². The van der Waals surface area contributed by atoms with E-state index in [-0.39, 0.29) is 0 Å². The molecule has 0 spiro atoms. The third-order valence-corrected chi connectivity index (χ3v) is 1.46. The maximum Gasteiger partial charge on any atom is 0.171 e. The van der Waals surface area contributed by atoms with Gasteiger partial charge in [0.2, 0.25) is 0 Å². The van der Waals surface area contributed by atoms with Crippen LogP contribution in [-0.4, -0.2) is 27.8 Å². The van der Waals surface area contributed by atoms with Crippen molar-refractivity contribution in [2.24, 2.45) is 0 Å². The molecule has 0 aromatic carbocycles. The van der Waals surface area contributed by atoms with Crippen LogP contribution in [0.25, 0.3) is 0 Å². The number of anilines is 2. The second-order valence-electron chi connectivity index (χ2n) is 2.29. The first-order chi connectivity index (χ1) is 5.36. The molecule has 2 heterocycles. The molecule has 1 aromatic rings. The predicted molar refractivity (Wildman–Crippen MR) is 40.2 cm³/mol. The van der Waals surface area contributed by atoms with Crippen molar-refractivity contribution in [2.45, 2.75) is 6.23 Å². The number of nitrogens with zero attached hydrogens (tertiary/aromatic N) is 2. The van der Waals surface area contributed by atoms with E-state index >= 15 is 0 Å². The molecule has 0 amide bonds. The van der Waals surface area contributed by atoms with Gasteiger partial charge in [-0.15, -0.1) is 0 Å². The van der Waals surface area contributed by atoms with Crippen molar-refractivity contribution in [3.63, 3.8) is 0 Å². The van der Waals surface area contributed by atoms with Crippen LogP contribution in [0.2, 0.25) is 0 Å². The van der Waals surface area contributed by atoms with Gasteiger partial charge in [0, 0.05) is 12.4 Å². The van der Waals surface area contributed by atoms with Gasteiger partial charge in [-0.05, 0) is 0 Å². The van der Waals surface area contributed by atoms with Gasteiger partial charge in [-0.2, -0.15) is 0 Å². The van der Waals surface area contributed by atoms with E-state index in [2.05, 4.69) is 20.6 Å². The summed E-state index contributed by atoms with van der Waals surface area (Å²) in [6.07, 6.45) is 2.61. The smallest absolute Gasteiger partial charge is 0.171 e. The Hall–Kier alpha value is -1.36. The third-order valence-electron chi connectivity index (χ3n) is 1.46. The summed E-state index contributed by atoms with van der Waals surface area (Å²) in [5.74, 6) is 1.30. The molecule has 0 saturated heterocycles. The molecule has 2 rings (SSSR count). The van der Waals surface area contributed by atoms with Crippen molar-refractivity contribution in [1.29, 1.82) is 0 Å². The number of rotatable bonds is 0. The van der Waals surface area contributed by atoms with Crippen LogP contribution in [0.4, 0.5) is 11.6 Å². The lowest BCUT2D eigenvalue weighted by molar-refractivity contribution is 0.213. The summed E-state index contributed by atoms with van der Waals surface area (Å²) in [5.41, 5.74) is 0. The molecule has 58 valence electrons. The minimum Gasteiger partial charge on any atom is -0.372 e. The zero-order valence-corrected chi connectivity index (χ0v) is 5.78. The molecule has 1 atom stereocenters. The summed E-state index contributed by atoms with van der Waals surface area (Å²) in [4.78, 5) is 7.98. The van der Waals surface area contributed by atoms with E-state index in [1.165, 1.54) is 0 Å². The Morgan fingerprint density at radius 3 is 2.91 bits per heavy atom. The second kappa shape index (κ2) is 2.35. The summed E-state index contributed by atoms with van der Waals surface area (Å²) >= 11 is 0. The fourth-order valence-electron chi connectivity index (χ4n) is 0.975. The van der Waals surface area contributed by atoms with Crippen LogP contribution < -0.4 is 10.6 Å². The molecule has 0 radical (unpaired) electrons. The van der Waals surface area contributed by atoms with Crippen LogP contribution in [-0.2, 0) is 0 Å². The average Bonchev–Trinajstić information content (AvgIpc) is 2.04. The quantitative estimate of drug-likeness (QED) is 0.473. The summed E-state index contributed by atoms with van der Waals surface area (Å²) in [6.45, 7) is 0.464. The minimum atomic E-state index is -0.570. The van der Waals surface area contributed by atoms with Gasteiger partial charge in [0.05, 0.1) is 6.54 Å². The highest BCUT2D eigenvalue weighted by molar-refractivity contribution is 5.61. The van der Waals surface area contributed by atoms with Crippen molar-refractivity contribution in [2.75, 3.05) is 17.2 Å². The molecule has 1 aliphatic rings. The van der Waals surface area contributed by atoms with Crippen LogP contribution >= 0.6 is 0 Å². The molecule has 3 N–H and O–H groups in total. The molecular formula is C6H8N4O. The highest BCUT2D eigenvalue weighted by Gasteiger charge is 2.15. The Kier molecular flexibility index (Phi) is 1.36. The minimum absolute atomic E-state index is 0.464. The van der Waals surface area contributed by atoms with Gasteiger partial charge in [0.1, 0.15) is 6.23 Å². The molecule has 1 aromatic heterocycles. The summed E-state index contributed by atoms with van der Waals surface area (Å²) < 4.78 is 0. The number of nitrogens with one attached hydrogen (secondary N) is 2. The fourth-order valence-corrected chi connectivity index (χ4v) is 0.975. The zero-order valence-electron chi connectivity index (χ0n) is 5.78. The molecule has 5 nitrogen and oxygen atoms in total. The number of aliphatic hydroxyl groups is 1. The Balaban J connectivity index is 2.34. The van der Waals surface area contributed by atoms with E-state index in [9.17, 15) is 0 Å². The molecule has 0 saturated carbocycles. The molecule has 5 heteroatoms. The Morgan fingerprint density at radius 1 is 1.36 bits per heavy atom.